The maximum Gasteiger partial charge on any atom is 0.220 e. The van der Waals surface area contributed by atoms with Crippen molar-refractivity contribution in [3.8, 4) is 0 Å². The van der Waals surface area contributed by atoms with Crippen molar-refractivity contribution in [1.82, 2.24) is 5.32 Å². The molecule has 17 heavy (non-hydrogen) atoms. The van der Waals surface area contributed by atoms with Crippen molar-refractivity contribution in [2.24, 2.45) is 0 Å². The van der Waals surface area contributed by atoms with Crippen molar-refractivity contribution in [2.75, 3.05) is 13.2 Å². The molecule has 0 amide bonds. The molecular weight excluding hydrogens is 262 g/mol. The highest BCUT2D eigenvalue weighted by molar-refractivity contribution is 7.97. The average Bonchev–Trinajstić information content (AvgIpc) is 2.51. The van der Waals surface area contributed by atoms with Gasteiger partial charge in [-0.2, -0.15) is 0 Å². The van der Waals surface area contributed by atoms with E-state index in [0.717, 1.165) is 0 Å². The molecule has 1 aromatic rings. The van der Waals surface area contributed by atoms with Gasteiger partial charge in [0, 0.05) is 18.7 Å². The number of hydrogen-bond donors (Lipinski definition) is 2. The summed E-state index contributed by atoms with van der Waals surface area (Å²) in [4.78, 5) is 0.233. The number of fused-ring (bicyclic) bond motifs is 1. The van der Waals surface area contributed by atoms with Crippen LogP contribution in [0.2, 0.25) is 0 Å². The number of benzene rings is 1. The second-order valence-electron chi connectivity index (χ2n) is 3.65. The first-order chi connectivity index (χ1) is 8.09. The van der Waals surface area contributed by atoms with Gasteiger partial charge in [0.05, 0.1) is 10.6 Å². The van der Waals surface area contributed by atoms with Crippen molar-refractivity contribution in [3.63, 3.8) is 0 Å². The van der Waals surface area contributed by atoms with E-state index in [1.807, 2.05) is 0 Å². The predicted octanol–water partition coefficient (Wildman–Crippen LogP) is 1.31. The van der Waals surface area contributed by atoms with Crippen LogP contribution in [0.3, 0.4) is 0 Å². The van der Waals surface area contributed by atoms with Gasteiger partial charge in [0.15, 0.2) is 4.36 Å². The van der Waals surface area contributed by atoms with E-state index >= 15 is 0 Å². The molecule has 1 aliphatic rings. The lowest BCUT2D eigenvalue weighted by Gasteiger charge is -2.07. The zero-order valence-corrected chi connectivity index (χ0v) is 10.6. The molecule has 1 aromatic carbocycles. The molecule has 0 aliphatic carbocycles. The van der Waals surface area contributed by atoms with Crippen LogP contribution in [0.1, 0.15) is 12.0 Å². The summed E-state index contributed by atoms with van der Waals surface area (Å²) in [5, 5.41) is 11.6. The lowest BCUT2D eigenvalue weighted by atomic mass is 10.2. The molecule has 0 saturated carbocycles. The van der Waals surface area contributed by atoms with Gasteiger partial charge < -0.3 is 10.4 Å². The highest BCUT2D eigenvalue weighted by atomic mass is 35.5. The third kappa shape index (κ3) is 2.06. The van der Waals surface area contributed by atoms with Gasteiger partial charge in [0.1, 0.15) is 0 Å². The van der Waals surface area contributed by atoms with E-state index in [-0.39, 0.29) is 15.9 Å². The summed E-state index contributed by atoms with van der Waals surface area (Å²) in [7, 11) is -3.55. The number of rotatable bonds is 4. The fraction of sp³-hybridized carbons (Fsp3) is 0.273. The molecule has 92 valence electrons. The summed E-state index contributed by atoms with van der Waals surface area (Å²) in [5.41, 5.74) is 1.02. The van der Waals surface area contributed by atoms with Crippen molar-refractivity contribution in [1.29, 1.82) is 0 Å². The number of halogens is 1. The van der Waals surface area contributed by atoms with Gasteiger partial charge in [-0.1, -0.05) is 29.8 Å². The van der Waals surface area contributed by atoms with Crippen LogP contribution in [0, 0.1) is 0 Å². The lowest BCUT2D eigenvalue weighted by Crippen LogP contribution is -2.14. The largest absolute Gasteiger partial charge is 0.396 e. The Kier molecular flexibility index (Phi) is 3.42. The van der Waals surface area contributed by atoms with Crippen LogP contribution in [0.4, 0.5) is 0 Å². The molecule has 0 unspecified atom stereocenters. The van der Waals surface area contributed by atoms with Crippen LogP contribution in [0.25, 0.3) is 5.70 Å². The fourth-order valence-corrected chi connectivity index (χ4v) is 3.48. The minimum Gasteiger partial charge on any atom is -0.396 e. The SMILES string of the molecule is O=S1(=O)C(Cl)=C(NCCCO)c2ccccc21. The third-order valence-corrected chi connectivity index (χ3v) is 4.92. The topological polar surface area (TPSA) is 66.4 Å². The molecule has 1 aliphatic heterocycles. The van der Waals surface area contributed by atoms with Crippen LogP contribution >= 0.6 is 11.6 Å². The van der Waals surface area contributed by atoms with Gasteiger partial charge in [-0.05, 0) is 12.5 Å². The van der Waals surface area contributed by atoms with Gasteiger partial charge in [-0.25, -0.2) is 8.42 Å². The standard InChI is InChI=1S/C11H12ClNO3S/c12-11-10(13-6-3-7-14)8-4-1-2-5-9(8)17(11,15)16/h1-2,4-5,13-14H,3,6-7H2. The van der Waals surface area contributed by atoms with E-state index in [0.29, 0.717) is 24.2 Å². The van der Waals surface area contributed by atoms with Gasteiger partial charge >= 0.3 is 0 Å². The summed E-state index contributed by atoms with van der Waals surface area (Å²) in [5.74, 6) is 0. The van der Waals surface area contributed by atoms with Crippen LogP contribution in [0.5, 0.6) is 0 Å². The Bertz CT molecular complexity index is 566. The second kappa shape index (κ2) is 4.68. The number of sulfone groups is 1. The summed E-state index contributed by atoms with van der Waals surface area (Å²) < 4.78 is 23.7. The van der Waals surface area contributed by atoms with Crippen molar-refractivity contribution < 1.29 is 13.5 Å². The summed E-state index contributed by atoms with van der Waals surface area (Å²) in [6.07, 6.45) is 0.538. The fourth-order valence-electron chi connectivity index (χ4n) is 1.70. The monoisotopic (exact) mass is 273 g/mol. The number of nitrogens with one attached hydrogen (secondary N) is 1. The normalized spacial score (nSPS) is 17.1. The number of aliphatic hydroxyl groups is 1. The molecular formula is C11H12ClNO3S. The van der Waals surface area contributed by atoms with E-state index in [9.17, 15) is 8.42 Å². The highest BCUT2D eigenvalue weighted by Gasteiger charge is 2.34. The molecule has 0 aromatic heterocycles. The molecule has 0 radical (unpaired) electrons. The minimum atomic E-state index is -3.55. The summed E-state index contributed by atoms with van der Waals surface area (Å²) in [6, 6.07) is 6.67. The Labute approximate surface area is 105 Å². The summed E-state index contributed by atoms with van der Waals surface area (Å²) in [6.45, 7) is 0.526. The van der Waals surface area contributed by atoms with Crippen LogP contribution in [-0.4, -0.2) is 26.7 Å². The molecule has 4 nitrogen and oxygen atoms in total. The molecule has 0 bridgehead atoms. The molecule has 0 fully saturated rings. The smallest absolute Gasteiger partial charge is 0.220 e. The maximum absolute atomic E-state index is 11.9. The average molecular weight is 274 g/mol. The van der Waals surface area contributed by atoms with Crippen molar-refractivity contribution in [3.05, 3.63) is 34.2 Å². The zero-order chi connectivity index (χ0) is 12.5. The first-order valence-electron chi connectivity index (χ1n) is 5.18. The van der Waals surface area contributed by atoms with Gasteiger partial charge in [-0.3, -0.25) is 0 Å². The van der Waals surface area contributed by atoms with Crippen LogP contribution < -0.4 is 5.32 Å². The molecule has 2 rings (SSSR count). The van der Waals surface area contributed by atoms with E-state index < -0.39 is 9.84 Å². The molecule has 6 heteroatoms. The van der Waals surface area contributed by atoms with E-state index in [4.69, 9.17) is 16.7 Å². The van der Waals surface area contributed by atoms with Crippen LogP contribution in [-0.2, 0) is 9.84 Å². The predicted molar refractivity (Wildman–Crippen MR) is 66.1 cm³/mol. The molecule has 0 saturated heterocycles. The molecule has 2 N–H and O–H groups in total. The van der Waals surface area contributed by atoms with Crippen molar-refractivity contribution in [2.45, 2.75) is 11.3 Å². The molecule has 0 atom stereocenters. The highest BCUT2D eigenvalue weighted by Crippen LogP contribution is 2.39. The second-order valence-corrected chi connectivity index (χ2v) is 6.11. The van der Waals surface area contributed by atoms with Crippen molar-refractivity contribution >= 4 is 27.1 Å². The third-order valence-electron chi connectivity index (χ3n) is 2.52. The lowest BCUT2D eigenvalue weighted by molar-refractivity contribution is 0.288. The van der Waals surface area contributed by atoms with Crippen LogP contribution in [0.15, 0.2) is 33.5 Å². The first-order valence-corrected chi connectivity index (χ1v) is 7.04. The van der Waals surface area contributed by atoms with E-state index in [2.05, 4.69) is 5.32 Å². The first kappa shape index (κ1) is 12.4. The Morgan fingerprint density at radius 2 is 2.00 bits per heavy atom. The minimum absolute atomic E-state index is 0.0479. The van der Waals surface area contributed by atoms with E-state index in [1.165, 1.54) is 6.07 Å². The van der Waals surface area contributed by atoms with Gasteiger partial charge in [-0.15, -0.1) is 0 Å². The van der Waals surface area contributed by atoms with Gasteiger partial charge in [0.2, 0.25) is 9.84 Å². The van der Waals surface area contributed by atoms with Gasteiger partial charge in [0.25, 0.3) is 0 Å². The van der Waals surface area contributed by atoms with E-state index in [1.54, 1.807) is 18.2 Å². The Morgan fingerprint density at radius 3 is 2.71 bits per heavy atom. The summed E-state index contributed by atoms with van der Waals surface area (Å²) >= 11 is 5.88. The maximum atomic E-state index is 11.9. The number of hydrogen-bond acceptors (Lipinski definition) is 4. The number of aliphatic hydroxyl groups excluding tert-OH is 1. The Balaban J connectivity index is 2.41. The Morgan fingerprint density at radius 1 is 1.29 bits per heavy atom. The molecule has 1 heterocycles. The zero-order valence-electron chi connectivity index (χ0n) is 8.98. The Hall–Kier alpha value is -1.04. The molecule has 0 spiro atoms. The quantitative estimate of drug-likeness (QED) is 0.812.